The standard InChI is InChI=1S/C16H24N2O/c1-2-3-4-9-16(19)18-12-13(10-11-17)14-7-5-6-8-15(14)18/h5-8,13H,2-4,9-12,17H2,1H3. The Morgan fingerprint density at radius 3 is 2.89 bits per heavy atom. The van der Waals surface area contributed by atoms with Crippen molar-refractivity contribution < 1.29 is 4.79 Å². The minimum absolute atomic E-state index is 0.264. The number of nitrogens with two attached hydrogens (primary N) is 1. The van der Waals surface area contributed by atoms with Gasteiger partial charge in [0.05, 0.1) is 0 Å². The van der Waals surface area contributed by atoms with Crippen molar-refractivity contribution in [2.75, 3.05) is 18.0 Å². The average Bonchev–Trinajstić information content (AvgIpc) is 2.79. The van der Waals surface area contributed by atoms with E-state index in [1.165, 1.54) is 5.56 Å². The highest BCUT2D eigenvalue weighted by atomic mass is 16.2. The summed E-state index contributed by atoms with van der Waals surface area (Å²) in [5, 5.41) is 0. The molecule has 3 nitrogen and oxygen atoms in total. The van der Waals surface area contributed by atoms with Gasteiger partial charge in [0.1, 0.15) is 0 Å². The van der Waals surface area contributed by atoms with Crippen molar-refractivity contribution in [3.63, 3.8) is 0 Å². The quantitative estimate of drug-likeness (QED) is 0.799. The second kappa shape index (κ2) is 6.71. The highest BCUT2D eigenvalue weighted by Crippen LogP contribution is 2.38. The van der Waals surface area contributed by atoms with Gasteiger partial charge in [0.2, 0.25) is 5.91 Å². The van der Waals surface area contributed by atoms with Crippen LogP contribution in [0.25, 0.3) is 0 Å². The van der Waals surface area contributed by atoms with Crippen molar-refractivity contribution in [3.05, 3.63) is 29.8 Å². The van der Waals surface area contributed by atoms with E-state index in [9.17, 15) is 4.79 Å². The monoisotopic (exact) mass is 260 g/mol. The molecular weight excluding hydrogens is 236 g/mol. The van der Waals surface area contributed by atoms with E-state index in [1.807, 2.05) is 17.0 Å². The van der Waals surface area contributed by atoms with Crippen LogP contribution in [-0.2, 0) is 4.79 Å². The summed E-state index contributed by atoms with van der Waals surface area (Å²) in [6, 6.07) is 8.25. The number of amides is 1. The zero-order valence-corrected chi connectivity index (χ0v) is 11.8. The zero-order valence-electron chi connectivity index (χ0n) is 11.8. The molecule has 2 N–H and O–H groups in total. The molecule has 0 fully saturated rings. The summed E-state index contributed by atoms with van der Waals surface area (Å²) in [7, 11) is 0. The van der Waals surface area contributed by atoms with Crippen molar-refractivity contribution in [2.45, 2.75) is 44.9 Å². The Labute approximate surface area is 115 Å². The molecule has 0 bridgehead atoms. The lowest BCUT2D eigenvalue weighted by molar-refractivity contribution is -0.118. The van der Waals surface area contributed by atoms with Crippen LogP contribution >= 0.6 is 0 Å². The summed E-state index contributed by atoms with van der Waals surface area (Å²) in [4.78, 5) is 14.3. The van der Waals surface area contributed by atoms with Gasteiger partial charge in [-0.25, -0.2) is 0 Å². The minimum Gasteiger partial charge on any atom is -0.330 e. The molecule has 3 heteroatoms. The molecule has 0 radical (unpaired) electrons. The minimum atomic E-state index is 0.264. The number of nitrogens with zero attached hydrogens (tertiary/aromatic N) is 1. The lowest BCUT2D eigenvalue weighted by atomic mass is 9.98. The molecule has 1 aliphatic heterocycles. The van der Waals surface area contributed by atoms with Crippen molar-refractivity contribution in [1.29, 1.82) is 0 Å². The van der Waals surface area contributed by atoms with Crippen LogP contribution in [0.2, 0.25) is 0 Å². The SMILES string of the molecule is CCCCCC(=O)N1CC(CCN)c2ccccc21. The van der Waals surface area contributed by atoms with E-state index in [-0.39, 0.29) is 5.91 Å². The molecule has 1 unspecified atom stereocenters. The van der Waals surface area contributed by atoms with Gasteiger partial charge in [0, 0.05) is 24.6 Å². The molecule has 0 saturated carbocycles. The Hall–Kier alpha value is -1.35. The maximum atomic E-state index is 12.3. The van der Waals surface area contributed by atoms with E-state index in [0.717, 1.165) is 37.9 Å². The third kappa shape index (κ3) is 3.16. The lowest BCUT2D eigenvalue weighted by Gasteiger charge is -2.17. The summed E-state index contributed by atoms with van der Waals surface area (Å²) in [6.07, 6.45) is 4.90. The summed E-state index contributed by atoms with van der Waals surface area (Å²) < 4.78 is 0. The van der Waals surface area contributed by atoms with Crippen LogP contribution in [0.1, 0.15) is 50.5 Å². The van der Waals surface area contributed by atoms with Crippen LogP contribution < -0.4 is 10.6 Å². The molecule has 1 aromatic rings. The zero-order chi connectivity index (χ0) is 13.7. The predicted molar refractivity (Wildman–Crippen MR) is 79.3 cm³/mol. The molecule has 0 aliphatic carbocycles. The average molecular weight is 260 g/mol. The highest BCUT2D eigenvalue weighted by Gasteiger charge is 2.30. The fourth-order valence-corrected chi connectivity index (χ4v) is 2.84. The number of benzene rings is 1. The van der Waals surface area contributed by atoms with Gasteiger partial charge in [0.25, 0.3) is 0 Å². The number of unbranched alkanes of at least 4 members (excludes halogenated alkanes) is 2. The second-order valence-corrected chi connectivity index (χ2v) is 5.29. The number of rotatable bonds is 6. The van der Waals surface area contributed by atoms with Crippen LogP contribution in [-0.4, -0.2) is 19.0 Å². The van der Waals surface area contributed by atoms with Gasteiger partial charge in [-0.2, -0.15) is 0 Å². The number of hydrogen-bond donors (Lipinski definition) is 1. The number of carbonyl (C=O) groups is 1. The van der Waals surface area contributed by atoms with E-state index < -0.39 is 0 Å². The topological polar surface area (TPSA) is 46.3 Å². The molecule has 1 atom stereocenters. The van der Waals surface area contributed by atoms with Crippen molar-refractivity contribution in [2.24, 2.45) is 5.73 Å². The van der Waals surface area contributed by atoms with Gasteiger partial charge in [-0.15, -0.1) is 0 Å². The first-order valence-corrected chi connectivity index (χ1v) is 7.37. The van der Waals surface area contributed by atoms with Crippen molar-refractivity contribution in [3.8, 4) is 0 Å². The van der Waals surface area contributed by atoms with Gasteiger partial charge in [-0.3, -0.25) is 4.79 Å². The Kier molecular flexibility index (Phi) is 4.97. The van der Waals surface area contributed by atoms with Crippen molar-refractivity contribution >= 4 is 11.6 Å². The Bertz CT molecular complexity index is 431. The van der Waals surface area contributed by atoms with Crippen molar-refractivity contribution in [1.82, 2.24) is 0 Å². The van der Waals surface area contributed by atoms with Gasteiger partial charge in [-0.05, 0) is 31.0 Å². The van der Waals surface area contributed by atoms with Crippen LogP contribution in [0.5, 0.6) is 0 Å². The Morgan fingerprint density at radius 2 is 2.16 bits per heavy atom. The van der Waals surface area contributed by atoms with Crippen LogP contribution in [0.4, 0.5) is 5.69 Å². The first-order chi connectivity index (χ1) is 9.27. The predicted octanol–water partition coefficient (Wildman–Crippen LogP) is 3.05. The van der Waals surface area contributed by atoms with E-state index >= 15 is 0 Å². The fraction of sp³-hybridized carbons (Fsp3) is 0.562. The molecule has 0 saturated heterocycles. The summed E-state index contributed by atoms with van der Waals surface area (Å²) in [5.41, 5.74) is 8.07. The molecule has 0 aromatic heterocycles. The number of fused-ring (bicyclic) bond motifs is 1. The maximum Gasteiger partial charge on any atom is 0.227 e. The van der Waals surface area contributed by atoms with Gasteiger partial charge < -0.3 is 10.6 Å². The molecule has 0 spiro atoms. The normalized spacial score (nSPS) is 17.6. The summed E-state index contributed by atoms with van der Waals surface area (Å²) in [5.74, 6) is 0.678. The third-order valence-electron chi connectivity index (χ3n) is 3.88. The third-order valence-corrected chi connectivity index (χ3v) is 3.88. The molecule has 1 aromatic carbocycles. The van der Waals surface area contributed by atoms with Gasteiger partial charge >= 0.3 is 0 Å². The molecule has 1 aliphatic rings. The maximum absolute atomic E-state index is 12.3. The van der Waals surface area contributed by atoms with Gasteiger partial charge in [-0.1, -0.05) is 38.0 Å². The van der Waals surface area contributed by atoms with E-state index in [1.54, 1.807) is 0 Å². The van der Waals surface area contributed by atoms with E-state index in [4.69, 9.17) is 5.73 Å². The molecule has 1 heterocycles. The smallest absolute Gasteiger partial charge is 0.227 e. The lowest BCUT2D eigenvalue weighted by Crippen LogP contribution is -2.29. The summed E-state index contributed by atoms with van der Waals surface area (Å²) in [6.45, 7) is 3.64. The van der Waals surface area contributed by atoms with Crippen LogP contribution in [0.3, 0.4) is 0 Å². The summed E-state index contributed by atoms with van der Waals surface area (Å²) >= 11 is 0. The number of para-hydroxylation sites is 1. The van der Waals surface area contributed by atoms with Crippen LogP contribution in [0, 0.1) is 0 Å². The molecule has 2 rings (SSSR count). The number of anilines is 1. The number of carbonyl (C=O) groups excluding carboxylic acids is 1. The van der Waals surface area contributed by atoms with Crippen LogP contribution in [0.15, 0.2) is 24.3 Å². The molecule has 104 valence electrons. The first kappa shape index (κ1) is 14.1. The van der Waals surface area contributed by atoms with E-state index in [2.05, 4.69) is 19.1 Å². The highest BCUT2D eigenvalue weighted by molar-refractivity contribution is 5.95. The second-order valence-electron chi connectivity index (χ2n) is 5.29. The molecular formula is C16H24N2O. The van der Waals surface area contributed by atoms with Gasteiger partial charge in [0.15, 0.2) is 0 Å². The largest absolute Gasteiger partial charge is 0.330 e. The Morgan fingerprint density at radius 1 is 1.37 bits per heavy atom. The molecule has 1 amide bonds. The first-order valence-electron chi connectivity index (χ1n) is 7.37. The Balaban J connectivity index is 2.08. The molecule has 19 heavy (non-hydrogen) atoms. The number of hydrogen-bond acceptors (Lipinski definition) is 2. The van der Waals surface area contributed by atoms with E-state index in [0.29, 0.717) is 18.9 Å². The fourth-order valence-electron chi connectivity index (χ4n) is 2.84.